The maximum Gasteiger partial charge on any atom is 0.305 e. The fraction of sp³-hybridized carbons (Fsp3) is 0.438. The number of hydrogen-bond acceptors (Lipinski definition) is 4. The van der Waals surface area contributed by atoms with Crippen LogP contribution in [0.2, 0.25) is 0 Å². The molecule has 0 heterocycles. The van der Waals surface area contributed by atoms with E-state index in [4.69, 9.17) is 5.11 Å². The van der Waals surface area contributed by atoms with Gasteiger partial charge in [-0.05, 0) is 44.0 Å². The number of hydrogen-bond donors (Lipinski definition) is 3. The van der Waals surface area contributed by atoms with Gasteiger partial charge in [0.25, 0.3) is 0 Å². The Labute approximate surface area is 140 Å². The molecule has 1 rings (SSSR count). The third kappa shape index (κ3) is 7.19. The van der Waals surface area contributed by atoms with Crippen molar-refractivity contribution in [3.05, 3.63) is 29.3 Å². The van der Waals surface area contributed by atoms with Gasteiger partial charge in [-0.2, -0.15) is 0 Å². The van der Waals surface area contributed by atoms with Crippen molar-refractivity contribution in [3.63, 3.8) is 0 Å². The Bertz CT molecular complexity index is 589. The van der Waals surface area contributed by atoms with Crippen molar-refractivity contribution >= 4 is 35.2 Å². The van der Waals surface area contributed by atoms with E-state index < -0.39 is 11.2 Å². The summed E-state index contributed by atoms with van der Waals surface area (Å²) in [7, 11) is 0. The van der Waals surface area contributed by atoms with Gasteiger partial charge in [0.2, 0.25) is 11.8 Å². The van der Waals surface area contributed by atoms with E-state index in [0.29, 0.717) is 0 Å². The SMILES string of the molecule is Cc1ccc(NC(=O)CSC(C)C(=O)NCCC(=O)O)cc1C. The maximum absolute atomic E-state index is 11.9. The van der Waals surface area contributed by atoms with Crippen LogP contribution in [0.5, 0.6) is 0 Å². The lowest BCUT2D eigenvalue weighted by atomic mass is 10.1. The van der Waals surface area contributed by atoms with Crippen LogP contribution in [0.3, 0.4) is 0 Å². The van der Waals surface area contributed by atoms with E-state index in [2.05, 4.69) is 10.6 Å². The first kappa shape index (κ1) is 19.0. The van der Waals surface area contributed by atoms with Crippen LogP contribution in [0.4, 0.5) is 5.69 Å². The van der Waals surface area contributed by atoms with E-state index in [-0.39, 0.29) is 30.5 Å². The van der Waals surface area contributed by atoms with Crippen LogP contribution in [0.1, 0.15) is 24.5 Å². The zero-order valence-electron chi connectivity index (χ0n) is 13.5. The van der Waals surface area contributed by atoms with E-state index >= 15 is 0 Å². The second kappa shape index (κ2) is 9.19. The number of thioether (sulfide) groups is 1. The van der Waals surface area contributed by atoms with E-state index in [0.717, 1.165) is 16.8 Å². The minimum Gasteiger partial charge on any atom is -0.481 e. The van der Waals surface area contributed by atoms with Crippen molar-refractivity contribution < 1.29 is 19.5 Å². The Balaban J connectivity index is 2.35. The lowest BCUT2D eigenvalue weighted by Crippen LogP contribution is -2.33. The molecular weight excluding hydrogens is 316 g/mol. The molecule has 0 aliphatic heterocycles. The van der Waals surface area contributed by atoms with Crippen LogP contribution >= 0.6 is 11.8 Å². The van der Waals surface area contributed by atoms with E-state index in [1.54, 1.807) is 6.92 Å². The highest BCUT2D eigenvalue weighted by Gasteiger charge is 2.15. The highest BCUT2D eigenvalue weighted by molar-refractivity contribution is 8.01. The number of aryl methyl sites for hydroxylation is 2. The van der Waals surface area contributed by atoms with Crippen molar-refractivity contribution in [3.8, 4) is 0 Å². The topological polar surface area (TPSA) is 95.5 Å². The molecule has 0 bridgehead atoms. The highest BCUT2D eigenvalue weighted by Crippen LogP contribution is 2.16. The summed E-state index contributed by atoms with van der Waals surface area (Å²) in [6, 6.07) is 5.68. The van der Waals surface area contributed by atoms with Gasteiger partial charge in [0.15, 0.2) is 0 Å². The van der Waals surface area contributed by atoms with Crippen LogP contribution < -0.4 is 10.6 Å². The largest absolute Gasteiger partial charge is 0.481 e. The molecule has 0 aromatic heterocycles. The van der Waals surface area contributed by atoms with Crippen LogP contribution in [-0.2, 0) is 14.4 Å². The van der Waals surface area contributed by atoms with Crippen molar-refractivity contribution in [2.45, 2.75) is 32.4 Å². The first-order valence-electron chi connectivity index (χ1n) is 7.28. The van der Waals surface area contributed by atoms with Gasteiger partial charge < -0.3 is 15.7 Å². The molecule has 126 valence electrons. The van der Waals surface area contributed by atoms with Crippen molar-refractivity contribution in [2.75, 3.05) is 17.6 Å². The molecule has 0 saturated carbocycles. The monoisotopic (exact) mass is 338 g/mol. The first-order valence-corrected chi connectivity index (χ1v) is 8.32. The third-order valence-electron chi connectivity index (χ3n) is 3.26. The second-order valence-corrected chi connectivity index (χ2v) is 6.56. The summed E-state index contributed by atoms with van der Waals surface area (Å²) < 4.78 is 0. The predicted octanol–water partition coefficient (Wildman–Crippen LogP) is 1.95. The molecule has 0 spiro atoms. The zero-order chi connectivity index (χ0) is 17.4. The fourth-order valence-electron chi connectivity index (χ4n) is 1.73. The molecule has 0 aliphatic carbocycles. The number of aliphatic carboxylic acids is 1. The zero-order valence-corrected chi connectivity index (χ0v) is 14.3. The number of carboxylic acid groups (broad SMARTS) is 1. The van der Waals surface area contributed by atoms with Gasteiger partial charge in [0.05, 0.1) is 17.4 Å². The standard InChI is InChI=1S/C16H22N2O4S/c1-10-4-5-13(8-11(10)2)18-14(19)9-23-12(3)16(22)17-7-6-15(20)21/h4-5,8,12H,6-7,9H2,1-3H3,(H,17,22)(H,18,19)(H,20,21). The molecule has 7 heteroatoms. The molecule has 2 amide bonds. The fourth-order valence-corrected chi connectivity index (χ4v) is 2.44. The van der Waals surface area contributed by atoms with Crippen molar-refractivity contribution in [1.29, 1.82) is 0 Å². The van der Waals surface area contributed by atoms with Crippen LogP contribution in [0.25, 0.3) is 0 Å². The number of anilines is 1. The van der Waals surface area contributed by atoms with Gasteiger partial charge in [0, 0.05) is 12.2 Å². The molecule has 1 atom stereocenters. The molecule has 6 nitrogen and oxygen atoms in total. The van der Waals surface area contributed by atoms with Gasteiger partial charge >= 0.3 is 5.97 Å². The Kier molecular flexibility index (Phi) is 7.61. The Morgan fingerprint density at radius 3 is 2.52 bits per heavy atom. The van der Waals surface area contributed by atoms with Crippen LogP contribution in [0.15, 0.2) is 18.2 Å². The van der Waals surface area contributed by atoms with E-state index in [1.165, 1.54) is 11.8 Å². The molecule has 1 aromatic rings. The Hall–Kier alpha value is -2.02. The number of amides is 2. The van der Waals surface area contributed by atoms with E-state index in [1.807, 2.05) is 32.0 Å². The second-order valence-electron chi connectivity index (χ2n) is 5.24. The summed E-state index contributed by atoms with van der Waals surface area (Å²) in [5.74, 6) is -1.25. The summed E-state index contributed by atoms with van der Waals surface area (Å²) in [6.45, 7) is 5.75. The van der Waals surface area contributed by atoms with Gasteiger partial charge in [-0.15, -0.1) is 11.8 Å². The first-order chi connectivity index (χ1) is 10.8. The summed E-state index contributed by atoms with van der Waals surface area (Å²) in [5, 5.41) is 13.4. The lowest BCUT2D eigenvalue weighted by Gasteiger charge is -2.12. The maximum atomic E-state index is 11.9. The summed E-state index contributed by atoms with van der Waals surface area (Å²) in [5.41, 5.74) is 2.99. The highest BCUT2D eigenvalue weighted by atomic mass is 32.2. The number of carboxylic acids is 1. The minimum atomic E-state index is -0.960. The van der Waals surface area contributed by atoms with Crippen molar-refractivity contribution in [2.24, 2.45) is 0 Å². The number of benzene rings is 1. The van der Waals surface area contributed by atoms with E-state index in [9.17, 15) is 14.4 Å². The molecule has 0 aliphatic rings. The number of nitrogens with one attached hydrogen (secondary N) is 2. The van der Waals surface area contributed by atoms with Crippen LogP contribution in [0, 0.1) is 13.8 Å². The Morgan fingerprint density at radius 1 is 1.22 bits per heavy atom. The molecule has 23 heavy (non-hydrogen) atoms. The molecular formula is C16H22N2O4S. The molecule has 0 saturated heterocycles. The smallest absolute Gasteiger partial charge is 0.305 e. The summed E-state index contributed by atoms with van der Waals surface area (Å²) in [6.07, 6.45) is -0.115. The predicted molar refractivity (Wildman–Crippen MR) is 91.7 cm³/mol. The molecule has 1 aromatic carbocycles. The third-order valence-corrected chi connectivity index (χ3v) is 4.41. The van der Waals surface area contributed by atoms with Gasteiger partial charge in [-0.1, -0.05) is 6.07 Å². The average molecular weight is 338 g/mol. The normalized spacial score (nSPS) is 11.6. The molecule has 3 N–H and O–H groups in total. The molecule has 0 fully saturated rings. The molecule has 0 radical (unpaired) electrons. The van der Waals surface area contributed by atoms with Gasteiger partial charge in [-0.3, -0.25) is 14.4 Å². The van der Waals surface area contributed by atoms with Gasteiger partial charge in [0.1, 0.15) is 0 Å². The minimum absolute atomic E-state index is 0.0912. The summed E-state index contributed by atoms with van der Waals surface area (Å²) >= 11 is 1.21. The lowest BCUT2D eigenvalue weighted by molar-refractivity contribution is -0.137. The molecule has 1 unspecified atom stereocenters. The van der Waals surface area contributed by atoms with Gasteiger partial charge in [-0.25, -0.2) is 0 Å². The van der Waals surface area contributed by atoms with Crippen molar-refractivity contribution in [1.82, 2.24) is 5.32 Å². The number of rotatable bonds is 8. The summed E-state index contributed by atoms with van der Waals surface area (Å²) in [4.78, 5) is 34.0. The quantitative estimate of drug-likeness (QED) is 0.673. The Morgan fingerprint density at radius 2 is 1.91 bits per heavy atom. The number of carbonyl (C=O) groups is 3. The van der Waals surface area contributed by atoms with Crippen LogP contribution in [-0.4, -0.2) is 40.4 Å². The number of carbonyl (C=O) groups excluding carboxylic acids is 2. The average Bonchev–Trinajstić information content (AvgIpc) is 2.48.